The van der Waals surface area contributed by atoms with Gasteiger partial charge >= 0.3 is 0 Å². The van der Waals surface area contributed by atoms with Gasteiger partial charge in [0.25, 0.3) is 11.5 Å². The summed E-state index contributed by atoms with van der Waals surface area (Å²) in [5, 5.41) is 1.24. The molecule has 0 aliphatic rings. The lowest BCUT2D eigenvalue weighted by Crippen LogP contribution is -2.35. The van der Waals surface area contributed by atoms with E-state index in [1.807, 2.05) is 12.1 Å². The third-order valence-electron chi connectivity index (χ3n) is 4.08. The van der Waals surface area contributed by atoms with Crippen LogP contribution in [0.1, 0.15) is 10.4 Å². The van der Waals surface area contributed by atoms with Gasteiger partial charge in [0, 0.05) is 30.2 Å². The van der Waals surface area contributed by atoms with Crippen molar-refractivity contribution < 1.29 is 4.79 Å². The molecular formula is C18H16ClN3O2. The van der Waals surface area contributed by atoms with Crippen LogP contribution in [-0.4, -0.2) is 17.5 Å². The lowest BCUT2D eigenvalue weighted by atomic mass is 10.1. The molecule has 0 atom stereocenters. The normalized spacial score (nSPS) is 10.8. The molecule has 5 nitrogen and oxygen atoms in total. The molecule has 0 bridgehead atoms. The number of aryl methyl sites for hydroxylation is 1. The summed E-state index contributed by atoms with van der Waals surface area (Å²) in [5.41, 5.74) is 7.20. The van der Waals surface area contributed by atoms with Crippen molar-refractivity contribution in [3.8, 4) is 0 Å². The number of aromatic nitrogens is 1. The summed E-state index contributed by atoms with van der Waals surface area (Å²) in [5.74, 6) is -0.457. The molecular weight excluding hydrogens is 326 g/mol. The van der Waals surface area contributed by atoms with Gasteiger partial charge in [-0.05, 0) is 30.3 Å². The first-order chi connectivity index (χ1) is 11.4. The monoisotopic (exact) mass is 341 g/mol. The zero-order valence-corrected chi connectivity index (χ0v) is 14.0. The highest BCUT2D eigenvalue weighted by atomic mass is 35.5. The largest absolute Gasteiger partial charge is 0.397 e. The van der Waals surface area contributed by atoms with Crippen molar-refractivity contribution in [1.82, 2.24) is 4.57 Å². The third-order valence-corrected chi connectivity index (χ3v) is 4.33. The van der Waals surface area contributed by atoms with E-state index in [4.69, 9.17) is 17.3 Å². The van der Waals surface area contributed by atoms with Crippen LogP contribution in [-0.2, 0) is 7.05 Å². The molecule has 2 N–H and O–H groups in total. The Bertz CT molecular complexity index is 994. The Morgan fingerprint density at radius 3 is 2.42 bits per heavy atom. The Morgan fingerprint density at radius 2 is 1.75 bits per heavy atom. The number of nitrogens with zero attached hydrogens (tertiary/aromatic N) is 2. The van der Waals surface area contributed by atoms with Crippen molar-refractivity contribution in [2.24, 2.45) is 7.05 Å². The second-order valence-corrected chi connectivity index (χ2v) is 5.95. The maximum Gasteiger partial charge on any atom is 0.265 e. The molecule has 6 heteroatoms. The van der Waals surface area contributed by atoms with E-state index in [2.05, 4.69) is 0 Å². The standard InChI is InChI=1S/C18H16ClN3O2/c1-21(12-9-7-11(19)8-10-12)17(23)15-16(20)13-5-3-4-6-14(13)22(2)18(15)24/h3-10H,20H2,1-2H3. The number of hydrogen-bond donors (Lipinski definition) is 1. The number of pyridine rings is 1. The van der Waals surface area contributed by atoms with Crippen molar-refractivity contribution in [2.75, 3.05) is 17.7 Å². The molecule has 0 saturated carbocycles. The summed E-state index contributed by atoms with van der Waals surface area (Å²) in [6.45, 7) is 0. The molecule has 0 aliphatic carbocycles. The lowest BCUT2D eigenvalue weighted by Gasteiger charge is -2.19. The highest BCUT2D eigenvalue weighted by Crippen LogP contribution is 2.24. The molecule has 122 valence electrons. The van der Waals surface area contributed by atoms with E-state index in [1.54, 1.807) is 50.5 Å². The van der Waals surface area contributed by atoms with Crippen LogP contribution in [0.2, 0.25) is 5.02 Å². The quantitative estimate of drug-likeness (QED) is 0.779. The number of fused-ring (bicyclic) bond motifs is 1. The topological polar surface area (TPSA) is 68.3 Å². The van der Waals surface area contributed by atoms with E-state index in [9.17, 15) is 9.59 Å². The van der Waals surface area contributed by atoms with Crippen LogP contribution in [0, 0.1) is 0 Å². The van der Waals surface area contributed by atoms with Crippen molar-refractivity contribution in [2.45, 2.75) is 0 Å². The molecule has 0 saturated heterocycles. The second kappa shape index (κ2) is 6.02. The fourth-order valence-electron chi connectivity index (χ4n) is 2.68. The van der Waals surface area contributed by atoms with E-state index in [1.165, 1.54) is 9.47 Å². The first kappa shape index (κ1) is 16.1. The number of amides is 1. The number of carbonyl (C=O) groups excluding carboxylic acids is 1. The summed E-state index contributed by atoms with van der Waals surface area (Å²) >= 11 is 5.87. The van der Waals surface area contributed by atoms with Gasteiger partial charge in [0.15, 0.2) is 0 Å². The molecule has 3 aromatic rings. The summed E-state index contributed by atoms with van der Waals surface area (Å²) in [7, 11) is 3.23. The zero-order valence-electron chi connectivity index (χ0n) is 13.3. The molecule has 1 amide bonds. The van der Waals surface area contributed by atoms with Crippen LogP contribution >= 0.6 is 11.6 Å². The van der Waals surface area contributed by atoms with Gasteiger partial charge in [0.2, 0.25) is 0 Å². The number of nitrogen functional groups attached to an aromatic ring is 1. The summed E-state index contributed by atoms with van der Waals surface area (Å²) < 4.78 is 1.44. The fourth-order valence-corrected chi connectivity index (χ4v) is 2.80. The summed E-state index contributed by atoms with van der Waals surface area (Å²) in [6.07, 6.45) is 0. The molecule has 0 radical (unpaired) electrons. The third kappa shape index (κ3) is 2.53. The molecule has 1 heterocycles. The minimum Gasteiger partial charge on any atom is -0.397 e. The van der Waals surface area contributed by atoms with Crippen LogP contribution in [0.3, 0.4) is 0 Å². The Kier molecular flexibility index (Phi) is 4.03. The average molecular weight is 342 g/mol. The number of carbonyl (C=O) groups is 1. The SMILES string of the molecule is CN(C(=O)c1c(N)c2ccccc2n(C)c1=O)c1ccc(Cl)cc1. The minimum atomic E-state index is -0.457. The van der Waals surface area contributed by atoms with E-state index in [-0.39, 0.29) is 11.3 Å². The van der Waals surface area contributed by atoms with Gasteiger partial charge in [0.05, 0.1) is 11.2 Å². The maximum absolute atomic E-state index is 12.9. The number of anilines is 2. The number of rotatable bonds is 2. The number of halogens is 1. The highest BCUT2D eigenvalue weighted by molar-refractivity contribution is 6.30. The highest BCUT2D eigenvalue weighted by Gasteiger charge is 2.23. The first-order valence-electron chi connectivity index (χ1n) is 7.32. The summed E-state index contributed by atoms with van der Waals surface area (Å²) in [6, 6.07) is 14.0. The number of hydrogen-bond acceptors (Lipinski definition) is 3. The van der Waals surface area contributed by atoms with Gasteiger partial charge in [-0.2, -0.15) is 0 Å². The molecule has 0 fully saturated rings. The molecule has 2 aromatic carbocycles. The number of benzene rings is 2. The Morgan fingerprint density at radius 1 is 1.12 bits per heavy atom. The van der Waals surface area contributed by atoms with E-state index in [0.717, 1.165) is 0 Å². The van der Waals surface area contributed by atoms with Crippen molar-refractivity contribution >= 4 is 39.8 Å². The van der Waals surface area contributed by atoms with Gasteiger partial charge in [-0.15, -0.1) is 0 Å². The average Bonchev–Trinajstić information content (AvgIpc) is 2.60. The fraction of sp³-hybridized carbons (Fsp3) is 0.111. The molecule has 0 unspecified atom stereocenters. The predicted octanol–water partition coefficient (Wildman–Crippen LogP) is 3.05. The zero-order chi connectivity index (χ0) is 17.4. The van der Waals surface area contributed by atoms with E-state index < -0.39 is 11.5 Å². The van der Waals surface area contributed by atoms with Crippen LogP contribution < -0.4 is 16.2 Å². The molecule has 0 aliphatic heterocycles. The number of nitrogens with two attached hydrogens (primary N) is 1. The molecule has 24 heavy (non-hydrogen) atoms. The minimum absolute atomic E-state index is 0.0337. The number of para-hydroxylation sites is 1. The van der Waals surface area contributed by atoms with Crippen LogP contribution in [0.25, 0.3) is 10.9 Å². The molecule has 3 rings (SSSR count). The van der Waals surface area contributed by atoms with Gasteiger partial charge in [-0.1, -0.05) is 29.8 Å². The maximum atomic E-state index is 12.9. The van der Waals surface area contributed by atoms with Crippen LogP contribution in [0.15, 0.2) is 53.3 Å². The molecule has 0 spiro atoms. The van der Waals surface area contributed by atoms with Gasteiger partial charge in [-0.3, -0.25) is 9.59 Å². The van der Waals surface area contributed by atoms with Gasteiger partial charge < -0.3 is 15.2 Å². The second-order valence-electron chi connectivity index (χ2n) is 5.51. The van der Waals surface area contributed by atoms with Crippen molar-refractivity contribution in [3.63, 3.8) is 0 Å². The Labute approximate surface area is 143 Å². The van der Waals surface area contributed by atoms with Crippen LogP contribution in [0.4, 0.5) is 11.4 Å². The van der Waals surface area contributed by atoms with Gasteiger partial charge in [0.1, 0.15) is 5.56 Å². The lowest BCUT2D eigenvalue weighted by molar-refractivity contribution is 0.0992. The predicted molar refractivity (Wildman–Crippen MR) is 97.8 cm³/mol. The van der Waals surface area contributed by atoms with E-state index >= 15 is 0 Å². The first-order valence-corrected chi connectivity index (χ1v) is 7.70. The van der Waals surface area contributed by atoms with Crippen molar-refractivity contribution in [1.29, 1.82) is 0 Å². The summed E-state index contributed by atoms with van der Waals surface area (Å²) in [4.78, 5) is 26.9. The smallest absolute Gasteiger partial charge is 0.265 e. The van der Waals surface area contributed by atoms with Gasteiger partial charge in [-0.25, -0.2) is 0 Å². The Hall–Kier alpha value is -2.79. The Balaban J connectivity index is 2.17. The van der Waals surface area contributed by atoms with Crippen molar-refractivity contribution in [3.05, 3.63) is 69.5 Å². The van der Waals surface area contributed by atoms with Crippen LogP contribution in [0.5, 0.6) is 0 Å². The van der Waals surface area contributed by atoms with E-state index in [0.29, 0.717) is 21.6 Å². The molecule has 1 aromatic heterocycles.